The summed E-state index contributed by atoms with van der Waals surface area (Å²) < 4.78 is 0. The van der Waals surface area contributed by atoms with Crippen molar-refractivity contribution in [3.8, 4) is 0 Å². The van der Waals surface area contributed by atoms with Crippen LogP contribution in [0.4, 0.5) is 0 Å². The molecule has 0 atom stereocenters. The third-order valence-corrected chi connectivity index (χ3v) is 3.80. The van der Waals surface area contributed by atoms with Gasteiger partial charge in [-0.3, -0.25) is 9.89 Å². The fourth-order valence-electron chi connectivity index (χ4n) is 1.71. The molecule has 0 radical (unpaired) electrons. The van der Waals surface area contributed by atoms with E-state index in [-0.39, 0.29) is 17.2 Å². The van der Waals surface area contributed by atoms with E-state index in [1.807, 2.05) is 6.92 Å². The summed E-state index contributed by atoms with van der Waals surface area (Å²) in [5.41, 5.74) is 0.444. The first-order valence-corrected chi connectivity index (χ1v) is 7.22. The number of carboxylic acid groups (broad SMARTS) is 1. The zero-order valence-corrected chi connectivity index (χ0v) is 12.5. The molecule has 3 N–H and O–H groups in total. The number of aromatic nitrogens is 4. The number of nitrogens with zero attached hydrogens (tertiary/aromatic N) is 3. The standard InChI is InChI=1S/C12H15N5O3S/c1-3-4-7-15-10(17-16-7)11(18)13-5-8-14-6(2)9(21-8)12(19)20/h3-5H2,1-2H3,(H,13,18)(H,19,20)(H,15,16,17). The summed E-state index contributed by atoms with van der Waals surface area (Å²) in [6, 6.07) is 0. The summed E-state index contributed by atoms with van der Waals surface area (Å²) in [6.45, 7) is 3.78. The number of rotatable bonds is 6. The Labute approximate surface area is 124 Å². The van der Waals surface area contributed by atoms with Gasteiger partial charge in [0.25, 0.3) is 5.91 Å². The number of carbonyl (C=O) groups is 2. The van der Waals surface area contributed by atoms with Crippen molar-refractivity contribution in [2.45, 2.75) is 33.2 Å². The number of thiazole rings is 1. The highest BCUT2D eigenvalue weighted by atomic mass is 32.1. The van der Waals surface area contributed by atoms with Crippen molar-refractivity contribution in [2.75, 3.05) is 0 Å². The fourth-order valence-corrected chi connectivity index (χ4v) is 2.55. The van der Waals surface area contributed by atoms with E-state index in [1.54, 1.807) is 6.92 Å². The largest absolute Gasteiger partial charge is 0.477 e. The monoisotopic (exact) mass is 309 g/mol. The molecule has 2 aromatic rings. The van der Waals surface area contributed by atoms with E-state index >= 15 is 0 Å². The summed E-state index contributed by atoms with van der Waals surface area (Å²) >= 11 is 1.04. The summed E-state index contributed by atoms with van der Waals surface area (Å²) in [5.74, 6) is -0.690. The molecule has 2 heterocycles. The molecule has 0 aliphatic rings. The van der Waals surface area contributed by atoms with Crippen molar-refractivity contribution in [1.82, 2.24) is 25.5 Å². The van der Waals surface area contributed by atoms with E-state index in [4.69, 9.17) is 5.11 Å². The summed E-state index contributed by atoms with van der Waals surface area (Å²) in [7, 11) is 0. The van der Waals surface area contributed by atoms with Gasteiger partial charge in [-0.2, -0.15) is 0 Å². The molecular formula is C12H15N5O3S. The molecule has 0 aromatic carbocycles. The minimum absolute atomic E-state index is 0.0742. The van der Waals surface area contributed by atoms with Crippen molar-refractivity contribution in [1.29, 1.82) is 0 Å². The molecule has 1 amide bonds. The molecule has 0 spiro atoms. The lowest BCUT2D eigenvalue weighted by Crippen LogP contribution is -2.24. The molecule has 8 nitrogen and oxygen atoms in total. The van der Waals surface area contributed by atoms with E-state index < -0.39 is 11.9 Å². The molecule has 0 aliphatic heterocycles. The van der Waals surface area contributed by atoms with E-state index in [0.29, 0.717) is 16.5 Å². The molecule has 0 bridgehead atoms. The summed E-state index contributed by atoms with van der Waals surface area (Å²) in [4.78, 5) is 31.1. The van der Waals surface area contributed by atoms with E-state index in [2.05, 4.69) is 25.5 Å². The normalized spacial score (nSPS) is 10.6. The molecule has 0 fully saturated rings. The SMILES string of the molecule is CCCc1nc(C(=O)NCc2nc(C)c(C(=O)O)s2)n[nH]1. The molecule has 9 heteroatoms. The van der Waals surface area contributed by atoms with Crippen molar-refractivity contribution in [2.24, 2.45) is 0 Å². The first kappa shape index (κ1) is 15.1. The quantitative estimate of drug-likeness (QED) is 0.736. The number of nitrogens with one attached hydrogen (secondary N) is 2. The van der Waals surface area contributed by atoms with Gasteiger partial charge in [0.2, 0.25) is 5.82 Å². The molecule has 0 saturated carbocycles. The maximum atomic E-state index is 11.9. The minimum Gasteiger partial charge on any atom is -0.477 e. The Kier molecular flexibility index (Phi) is 4.63. The lowest BCUT2D eigenvalue weighted by molar-refractivity contribution is 0.0701. The second-order valence-corrected chi connectivity index (χ2v) is 5.45. The van der Waals surface area contributed by atoms with Gasteiger partial charge in [-0.25, -0.2) is 14.8 Å². The van der Waals surface area contributed by atoms with Gasteiger partial charge in [0.05, 0.1) is 12.2 Å². The van der Waals surface area contributed by atoms with E-state index in [1.165, 1.54) is 0 Å². The average Bonchev–Trinajstić information content (AvgIpc) is 3.03. The summed E-state index contributed by atoms with van der Waals surface area (Å²) in [6.07, 6.45) is 1.64. The number of carboxylic acids is 1. The molecular weight excluding hydrogens is 294 g/mol. The van der Waals surface area contributed by atoms with Gasteiger partial charge in [-0.05, 0) is 13.3 Å². The van der Waals surface area contributed by atoms with Crippen molar-refractivity contribution in [3.05, 3.63) is 27.2 Å². The molecule has 0 saturated heterocycles. The first-order valence-electron chi connectivity index (χ1n) is 6.40. The molecule has 2 aromatic heterocycles. The van der Waals surface area contributed by atoms with Crippen LogP contribution in [-0.2, 0) is 13.0 Å². The van der Waals surface area contributed by atoms with Crippen molar-refractivity contribution in [3.63, 3.8) is 0 Å². The minimum atomic E-state index is -1.01. The van der Waals surface area contributed by atoms with Gasteiger partial charge in [0, 0.05) is 6.42 Å². The number of hydrogen-bond acceptors (Lipinski definition) is 6. The lowest BCUT2D eigenvalue weighted by Gasteiger charge is -1.98. The van der Waals surface area contributed by atoms with Crippen LogP contribution in [-0.4, -0.2) is 37.1 Å². The van der Waals surface area contributed by atoms with Crippen LogP contribution in [0.1, 0.15) is 50.2 Å². The topological polar surface area (TPSA) is 121 Å². The number of amides is 1. The Morgan fingerprint density at radius 2 is 2.14 bits per heavy atom. The zero-order valence-electron chi connectivity index (χ0n) is 11.6. The number of aromatic amines is 1. The van der Waals surface area contributed by atoms with E-state index in [0.717, 1.165) is 24.2 Å². The van der Waals surface area contributed by atoms with Crippen LogP contribution in [0.5, 0.6) is 0 Å². The number of aromatic carboxylic acids is 1. The highest BCUT2D eigenvalue weighted by Gasteiger charge is 2.16. The van der Waals surface area contributed by atoms with Crippen LogP contribution >= 0.6 is 11.3 Å². The van der Waals surface area contributed by atoms with Gasteiger partial charge in [0.1, 0.15) is 15.7 Å². The lowest BCUT2D eigenvalue weighted by atomic mass is 10.3. The van der Waals surface area contributed by atoms with Gasteiger partial charge >= 0.3 is 5.97 Å². The second kappa shape index (κ2) is 6.44. The highest BCUT2D eigenvalue weighted by molar-refractivity contribution is 7.13. The van der Waals surface area contributed by atoms with Crippen LogP contribution in [0, 0.1) is 6.92 Å². The Morgan fingerprint density at radius 3 is 2.76 bits per heavy atom. The molecule has 0 aliphatic carbocycles. The predicted octanol–water partition coefficient (Wildman–Crippen LogP) is 1.15. The third-order valence-electron chi connectivity index (χ3n) is 2.66. The Bertz CT molecular complexity index is 664. The number of hydrogen-bond donors (Lipinski definition) is 3. The first-order chi connectivity index (χ1) is 10.0. The van der Waals surface area contributed by atoms with Gasteiger partial charge in [-0.15, -0.1) is 16.4 Å². The number of aryl methyl sites for hydroxylation is 2. The highest BCUT2D eigenvalue weighted by Crippen LogP contribution is 2.17. The number of H-pyrrole nitrogens is 1. The molecule has 0 unspecified atom stereocenters. The van der Waals surface area contributed by atoms with E-state index in [9.17, 15) is 9.59 Å². The van der Waals surface area contributed by atoms with Crippen LogP contribution < -0.4 is 5.32 Å². The Morgan fingerprint density at radius 1 is 1.38 bits per heavy atom. The molecule has 2 rings (SSSR count). The van der Waals surface area contributed by atoms with Crippen LogP contribution in [0.3, 0.4) is 0 Å². The smallest absolute Gasteiger partial charge is 0.347 e. The molecule has 112 valence electrons. The molecule has 21 heavy (non-hydrogen) atoms. The Hall–Kier alpha value is -2.29. The zero-order chi connectivity index (χ0) is 15.4. The number of carbonyl (C=O) groups excluding carboxylic acids is 1. The van der Waals surface area contributed by atoms with Crippen molar-refractivity contribution >= 4 is 23.2 Å². The fraction of sp³-hybridized carbons (Fsp3) is 0.417. The van der Waals surface area contributed by atoms with Gasteiger partial charge < -0.3 is 10.4 Å². The van der Waals surface area contributed by atoms with Gasteiger partial charge in [0.15, 0.2) is 0 Å². The average molecular weight is 309 g/mol. The maximum absolute atomic E-state index is 11.9. The predicted molar refractivity (Wildman–Crippen MR) is 75.4 cm³/mol. The third kappa shape index (κ3) is 3.63. The maximum Gasteiger partial charge on any atom is 0.347 e. The van der Waals surface area contributed by atoms with Crippen LogP contribution in [0.15, 0.2) is 0 Å². The van der Waals surface area contributed by atoms with Gasteiger partial charge in [-0.1, -0.05) is 6.92 Å². The summed E-state index contributed by atoms with van der Waals surface area (Å²) in [5, 5.41) is 18.6. The van der Waals surface area contributed by atoms with Crippen LogP contribution in [0.2, 0.25) is 0 Å². The van der Waals surface area contributed by atoms with Crippen molar-refractivity contribution < 1.29 is 14.7 Å². The second-order valence-electron chi connectivity index (χ2n) is 4.37. The van der Waals surface area contributed by atoms with Crippen LogP contribution in [0.25, 0.3) is 0 Å². The Balaban J connectivity index is 1.97.